The second-order valence-corrected chi connectivity index (χ2v) is 12.9. The monoisotopic (exact) mass is 432 g/mol. The van der Waals surface area contributed by atoms with E-state index in [0.29, 0.717) is 17.3 Å². The maximum Gasteiger partial charge on any atom is 0.0594 e. The molecule has 0 aromatic heterocycles. The first-order valence-corrected chi connectivity index (χ1v) is 13.2. The first kappa shape index (κ1) is 22.5. The Morgan fingerprint density at radius 1 is 0.969 bits per heavy atom. The van der Waals surface area contributed by atoms with Gasteiger partial charge in [-0.2, -0.15) is 0 Å². The number of aliphatic hydroxyl groups excluding tert-OH is 1. The van der Waals surface area contributed by atoms with Crippen LogP contribution in [0.5, 0.6) is 0 Å². The van der Waals surface area contributed by atoms with Gasteiger partial charge in [-0.1, -0.05) is 76.1 Å². The van der Waals surface area contributed by atoms with Crippen LogP contribution >= 0.6 is 0 Å². The number of allylic oxidation sites excluding steroid dienone is 4. The number of rotatable bonds is 3. The molecule has 2 unspecified atom stereocenters. The average molecular weight is 433 g/mol. The molecule has 1 aromatic carbocycles. The Bertz CT molecular complexity index is 947. The van der Waals surface area contributed by atoms with Crippen LogP contribution in [-0.4, -0.2) is 11.2 Å². The van der Waals surface area contributed by atoms with Gasteiger partial charge in [0.1, 0.15) is 0 Å². The fourth-order valence-electron chi connectivity index (χ4n) is 8.81. The highest BCUT2D eigenvalue weighted by molar-refractivity contribution is 5.50. The van der Waals surface area contributed by atoms with Gasteiger partial charge >= 0.3 is 0 Å². The lowest BCUT2D eigenvalue weighted by atomic mass is 9.46. The van der Waals surface area contributed by atoms with E-state index in [4.69, 9.17) is 0 Å². The molecule has 4 aliphatic rings. The molecule has 0 saturated heterocycles. The van der Waals surface area contributed by atoms with E-state index in [9.17, 15) is 5.11 Å². The highest BCUT2D eigenvalue weighted by Crippen LogP contribution is 2.66. The number of hydrogen-bond acceptors (Lipinski definition) is 1. The van der Waals surface area contributed by atoms with Crippen LogP contribution in [0.3, 0.4) is 0 Å². The molecular weight excluding hydrogens is 388 g/mol. The summed E-state index contributed by atoms with van der Waals surface area (Å²) in [5, 5.41) is 10.8. The number of hydrogen-bond donors (Lipinski definition) is 1. The summed E-state index contributed by atoms with van der Waals surface area (Å²) in [4.78, 5) is 0. The smallest absolute Gasteiger partial charge is 0.0594 e. The van der Waals surface area contributed by atoms with Gasteiger partial charge in [-0.3, -0.25) is 0 Å². The van der Waals surface area contributed by atoms with E-state index < -0.39 is 0 Å². The molecule has 1 N–H and O–H groups in total. The van der Waals surface area contributed by atoms with E-state index in [1.54, 1.807) is 16.7 Å². The van der Waals surface area contributed by atoms with Crippen molar-refractivity contribution in [3.8, 4) is 0 Å². The fourth-order valence-corrected chi connectivity index (χ4v) is 8.81. The van der Waals surface area contributed by atoms with Crippen LogP contribution in [0.2, 0.25) is 0 Å². The molecule has 174 valence electrons. The highest BCUT2D eigenvalue weighted by atomic mass is 16.3. The Morgan fingerprint density at radius 2 is 1.69 bits per heavy atom. The van der Waals surface area contributed by atoms with Crippen molar-refractivity contribution in [1.29, 1.82) is 0 Å². The minimum Gasteiger partial charge on any atom is -0.393 e. The molecule has 0 spiro atoms. The molecule has 0 bridgehead atoms. The summed E-state index contributed by atoms with van der Waals surface area (Å²) in [5.41, 5.74) is 8.75. The van der Waals surface area contributed by atoms with E-state index >= 15 is 0 Å². The van der Waals surface area contributed by atoms with Gasteiger partial charge in [-0.15, -0.1) is 0 Å². The van der Waals surface area contributed by atoms with Gasteiger partial charge in [-0.05, 0) is 109 Å². The van der Waals surface area contributed by atoms with Gasteiger partial charge in [0, 0.05) is 0 Å². The zero-order valence-corrected chi connectivity index (χ0v) is 21.3. The van der Waals surface area contributed by atoms with Crippen molar-refractivity contribution in [3.05, 3.63) is 58.2 Å². The zero-order chi connectivity index (χ0) is 22.9. The van der Waals surface area contributed by atoms with Gasteiger partial charge in [0.05, 0.1) is 6.10 Å². The van der Waals surface area contributed by atoms with Gasteiger partial charge in [0.2, 0.25) is 0 Å². The van der Waals surface area contributed by atoms with Crippen molar-refractivity contribution in [1.82, 2.24) is 0 Å². The number of aryl methyl sites for hydroxylation is 1. The summed E-state index contributed by atoms with van der Waals surface area (Å²) in [7, 11) is 0. The predicted molar refractivity (Wildman–Crippen MR) is 134 cm³/mol. The fraction of sp³-hybridized carbons (Fsp3) is 0.677. The first-order chi connectivity index (χ1) is 15.1. The minimum absolute atomic E-state index is 0.0292. The summed E-state index contributed by atoms with van der Waals surface area (Å²) in [6.07, 6.45) is 12.1. The summed E-state index contributed by atoms with van der Waals surface area (Å²) < 4.78 is 0. The highest BCUT2D eigenvalue weighted by Gasteiger charge is 2.57. The number of aliphatic hydroxyl groups is 1. The molecule has 1 fully saturated rings. The van der Waals surface area contributed by atoms with Crippen molar-refractivity contribution >= 4 is 0 Å². The molecule has 0 heterocycles. The van der Waals surface area contributed by atoms with E-state index in [-0.39, 0.29) is 16.9 Å². The Hall–Kier alpha value is -1.34. The third-order valence-corrected chi connectivity index (χ3v) is 10.8. The van der Waals surface area contributed by atoms with Crippen LogP contribution in [0.1, 0.15) is 90.7 Å². The molecular formula is C31H44O. The first-order valence-electron chi connectivity index (χ1n) is 13.2. The maximum absolute atomic E-state index is 10.8. The van der Waals surface area contributed by atoms with Crippen LogP contribution in [0.4, 0.5) is 0 Å². The number of fused-ring (bicyclic) bond motifs is 4. The minimum atomic E-state index is -0.144. The molecule has 4 aliphatic carbocycles. The van der Waals surface area contributed by atoms with Gasteiger partial charge in [-0.25, -0.2) is 0 Å². The van der Waals surface area contributed by atoms with Crippen molar-refractivity contribution in [2.24, 2.45) is 34.0 Å². The summed E-state index contributed by atoms with van der Waals surface area (Å²) in [6.45, 7) is 14.5. The van der Waals surface area contributed by atoms with Crippen molar-refractivity contribution in [3.63, 3.8) is 0 Å². The largest absolute Gasteiger partial charge is 0.393 e. The van der Waals surface area contributed by atoms with Crippen molar-refractivity contribution in [2.45, 2.75) is 99.0 Å². The molecule has 5 rings (SSSR count). The lowest BCUT2D eigenvalue weighted by Crippen LogP contribution is -2.53. The molecule has 0 aliphatic heterocycles. The Balaban J connectivity index is 1.42. The third-order valence-electron chi connectivity index (χ3n) is 10.8. The molecule has 1 saturated carbocycles. The van der Waals surface area contributed by atoms with Gasteiger partial charge in [0.25, 0.3) is 0 Å². The molecule has 32 heavy (non-hydrogen) atoms. The SMILES string of the molecule is Cc1ccc(C[C@@H](C)[C@H]2CC=C3C4=C(CC[C@@]32C)[C@@]2(C)CCC(O)C(C)(C)C2CC4)cc1. The lowest BCUT2D eigenvalue weighted by molar-refractivity contribution is -0.0905. The second-order valence-electron chi connectivity index (χ2n) is 12.9. The average Bonchev–Trinajstić information content (AvgIpc) is 3.10. The lowest BCUT2D eigenvalue weighted by Gasteiger charge is -2.59. The van der Waals surface area contributed by atoms with Crippen molar-refractivity contribution < 1.29 is 5.11 Å². The van der Waals surface area contributed by atoms with Gasteiger partial charge in [0.15, 0.2) is 0 Å². The molecule has 6 atom stereocenters. The van der Waals surface area contributed by atoms with Crippen molar-refractivity contribution in [2.75, 3.05) is 0 Å². The topological polar surface area (TPSA) is 20.2 Å². The summed E-state index contributed by atoms with van der Waals surface area (Å²) in [5.74, 6) is 2.07. The standard InChI is InChI=1S/C31H44O/c1-20-7-9-22(10-8-20)19-21(2)24-12-13-25-23-11-14-27-29(3,4)28(32)16-18-31(27,6)26(23)15-17-30(24,25)5/h7-10,13,21,24,27-28,32H,11-12,14-19H2,1-6H3/t21-,24-,27?,28?,30-,31-/m1/s1. The van der Waals surface area contributed by atoms with Crippen LogP contribution < -0.4 is 0 Å². The van der Waals surface area contributed by atoms with Crippen LogP contribution in [0.15, 0.2) is 47.1 Å². The van der Waals surface area contributed by atoms with Crippen LogP contribution in [-0.2, 0) is 6.42 Å². The van der Waals surface area contributed by atoms with E-state index in [0.717, 1.165) is 12.3 Å². The zero-order valence-electron chi connectivity index (χ0n) is 21.3. The van der Waals surface area contributed by atoms with Crippen LogP contribution in [0, 0.1) is 40.9 Å². The summed E-state index contributed by atoms with van der Waals surface area (Å²) in [6, 6.07) is 9.20. The molecule has 0 radical (unpaired) electrons. The predicted octanol–water partition coefficient (Wildman–Crippen LogP) is 7.81. The quantitative estimate of drug-likeness (QED) is 0.516. The Labute approximate surface area is 196 Å². The normalized spacial score (nSPS) is 39.1. The molecule has 0 amide bonds. The second kappa shape index (κ2) is 7.59. The third kappa shape index (κ3) is 3.21. The van der Waals surface area contributed by atoms with E-state index in [1.807, 2.05) is 0 Å². The van der Waals surface area contributed by atoms with E-state index in [2.05, 4.69) is 71.9 Å². The molecule has 1 nitrogen and oxygen atoms in total. The van der Waals surface area contributed by atoms with Gasteiger partial charge < -0.3 is 5.11 Å². The molecule has 1 aromatic rings. The number of benzene rings is 1. The molecule has 1 heteroatoms. The van der Waals surface area contributed by atoms with E-state index in [1.165, 1.54) is 56.1 Å². The summed E-state index contributed by atoms with van der Waals surface area (Å²) >= 11 is 0. The Morgan fingerprint density at radius 3 is 2.41 bits per heavy atom. The Kier molecular flexibility index (Phi) is 5.32. The maximum atomic E-state index is 10.8. The van der Waals surface area contributed by atoms with Crippen LogP contribution in [0.25, 0.3) is 0 Å².